The number of ether oxygens (including phenoxy) is 2. The third-order valence-corrected chi connectivity index (χ3v) is 4.66. The molecule has 32 heavy (non-hydrogen) atoms. The largest absolute Gasteiger partial charge is 0.445 e. The van der Waals surface area contributed by atoms with Crippen LogP contribution in [0, 0.1) is 0 Å². The molecule has 0 saturated carbocycles. The average Bonchev–Trinajstić information content (AvgIpc) is 3.27. The van der Waals surface area contributed by atoms with E-state index >= 15 is 0 Å². The molecule has 0 spiro atoms. The van der Waals surface area contributed by atoms with Crippen LogP contribution in [0.1, 0.15) is 42.4 Å². The number of aryl methyl sites for hydroxylation is 1. The summed E-state index contributed by atoms with van der Waals surface area (Å²) in [5.74, 6) is -0.166. The van der Waals surface area contributed by atoms with Crippen molar-refractivity contribution in [2.75, 3.05) is 17.2 Å². The van der Waals surface area contributed by atoms with E-state index in [1.165, 1.54) is 6.08 Å². The minimum Gasteiger partial charge on any atom is -0.445 e. The maximum absolute atomic E-state index is 13.1. The lowest BCUT2D eigenvalue weighted by molar-refractivity contribution is 0.0635. The molecule has 1 aromatic heterocycles. The third kappa shape index (κ3) is 5.69. The van der Waals surface area contributed by atoms with E-state index in [4.69, 9.17) is 9.47 Å². The average molecular weight is 441 g/mol. The third-order valence-electron chi connectivity index (χ3n) is 4.66. The van der Waals surface area contributed by atoms with Crippen LogP contribution < -0.4 is 10.6 Å². The van der Waals surface area contributed by atoms with Gasteiger partial charge in [-0.05, 0) is 50.1 Å². The van der Waals surface area contributed by atoms with Crippen LogP contribution >= 0.6 is 0 Å². The molecule has 0 unspecified atom stereocenters. The van der Waals surface area contributed by atoms with Gasteiger partial charge in [-0.2, -0.15) is 0 Å². The highest BCUT2D eigenvalue weighted by molar-refractivity contribution is 5.96. The molecule has 0 radical (unpaired) electrons. The molecular weight excluding hydrogens is 412 g/mol. The summed E-state index contributed by atoms with van der Waals surface area (Å²) in [5.41, 5.74) is 2.84. The number of amides is 3. The Morgan fingerprint density at radius 1 is 1.06 bits per heavy atom. The first-order valence-electron chi connectivity index (χ1n) is 10.2. The summed E-state index contributed by atoms with van der Waals surface area (Å²) in [6, 6.07) is 7.11. The van der Waals surface area contributed by atoms with Crippen LogP contribution in [0.25, 0.3) is 0 Å². The number of aromatic nitrogens is 1. The van der Waals surface area contributed by atoms with Gasteiger partial charge in [-0.25, -0.2) is 9.59 Å². The molecule has 2 N–H and O–H groups in total. The van der Waals surface area contributed by atoms with Gasteiger partial charge in [-0.3, -0.25) is 15.4 Å². The number of hydrogen-bond acceptors (Lipinski definition) is 5. The summed E-state index contributed by atoms with van der Waals surface area (Å²) in [6.07, 6.45) is 2.01. The molecule has 170 valence electrons. The van der Waals surface area contributed by atoms with Gasteiger partial charge in [0.05, 0.1) is 5.69 Å². The molecule has 0 fully saturated rings. The highest BCUT2D eigenvalue weighted by Crippen LogP contribution is 2.28. The lowest BCUT2D eigenvalue weighted by Crippen LogP contribution is -2.27. The molecule has 3 rings (SSSR count). The molecule has 0 saturated heterocycles. The summed E-state index contributed by atoms with van der Waals surface area (Å²) < 4.78 is 11.8. The maximum Gasteiger partial charge on any atom is 0.412 e. The van der Waals surface area contributed by atoms with Crippen LogP contribution in [0.3, 0.4) is 0 Å². The van der Waals surface area contributed by atoms with E-state index in [9.17, 15) is 14.4 Å². The van der Waals surface area contributed by atoms with Crippen LogP contribution in [0.5, 0.6) is 0 Å². The Balaban J connectivity index is 1.65. The van der Waals surface area contributed by atoms with E-state index in [1.807, 2.05) is 12.1 Å². The summed E-state index contributed by atoms with van der Waals surface area (Å²) in [4.78, 5) is 38.6. The van der Waals surface area contributed by atoms with Crippen molar-refractivity contribution in [3.8, 4) is 0 Å². The molecule has 2 heterocycles. The quantitative estimate of drug-likeness (QED) is 0.677. The SMILES string of the molecule is C=CCOC(=O)Nc1ccc2c(c1)CN(C(=O)c1cc(NC(=O)OC(C)(C)C)cn1C)C2. The standard InChI is InChI=1S/C23H28N4O5/c1-6-9-31-21(29)24-17-8-7-15-12-27(13-16(15)10-17)20(28)19-11-18(14-26(19)5)25-22(30)32-23(2,3)4/h6-8,10-11,14H,1,9,12-13H2,2-5H3,(H,24,29)(H,25,30). The maximum atomic E-state index is 13.1. The van der Waals surface area contributed by atoms with Crippen molar-refractivity contribution in [3.05, 3.63) is 59.9 Å². The van der Waals surface area contributed by atoms with Crippen LogP contribution in [-0.2, 0) is 29.6 Å². The number of hydrogen-bond donors (Lipinski definition) is 2. The van der Waals surface area contributed by atoms with Gasteiger partial charge < -0.3 is 18.9 Å². The fraction of sp³-hybridized carbons (Fsp3) is 0.348. The van der Waals surface area contributed by atoms with Gasteiger partial charge in [0.1, 0.15) is 17.9 Å². The van der Waals surface area contributed by atoms with Crippen molar-refractivity contribution in [2.24, 2.45) is 7.05 Å². The molecule has 0 atom stereocenters. The van der Waals surface area contributed by atoms with Crippen molar-refractivity contribution < 1.29 is 23.9 Å². The Kier molecular flexibility index (Phi) is 6.57. The number of carbonyl (C=O) groups is 3. The Labute approximate surface area is 187 Å². The molecule has 1 aromatic carbocycles. The number of carbonyl (C=O) groups excluding carboxylic acids is 3. The zero-order valence-corrected chi connectivity index (χ0v) is 18.7. The number of fused-ring (bicyclic) bond motifs is 1. The Morgan fingerprint density at radius 3 is 2.44 bits per heavy atom. The predicted molar refractivity (Wildman–Crippen MR) is 120 cm³/mol. The first kappa shape index (κ1) is 22.9. The first-order chi connectivity index (χ1) is 15.1. The zero-order valence-electron chi connectivity index (χ0n) is 18.7. The topological polar surface area (TPSA) is 102 Å². The van der Waals surface area contributed by atoms with Crippen molar-refractivity contribution in [3.63, 3.8) is 0 Å². The minimum absolute atomic E-state index is 0.125. The zero-order chi connectivity index (χ0) is 23.5. The van der Waals surface area contributed by atoms with Crippen LogP contribution in [0.4, 0.5) is 21.0 Å². The van der Waals surface area contributed by atoms with Gasteiger partial charge in [0.2, 0.25) is 0 Å². The summed E-state index contributed by atoms with van der Waals surface area (Å²) >= 11 is 0. The van der Waals surface area contributed by atoms with Crippen LogP contribution in [0.2, 0.25) is 0 Å². The highest BCUT2D eigenvalue weighted by Gasteiger charge is 2.27. The van der Waals surface area contributed by atoms with Gasteiger partial charge in [0.25, 0.3) is 5.91 Å². The van der Waals surface area contributed by atoms with E-state index in [-0.39, 0.29) is 12.5 Å². The fourth-order valence-electron chi connectivity index (χ4n) is 3.33. The Bertz CT molecular complexity index is 1050. The molecule has 2 aromatic rings. The second-order valence-corrected chi connectivity index (χ2v) is 8.51. The highest BCUT2D eigenvalue weighted by atomic mass is 16.6. The van der Waals surface area contributed by atoms with Crippen molar-refractivity contribution in [1.29, 1.82) is 0 Å². The fourth-order valence-corrected chi connectivity index (χ4v) is 3.33. The van der Waals surface area contributed by atoms with Crippen LogP contribution in [0.15, 0.2) is 43.1 Å². The van der Waals surface area contributed by atoms with Crippen LogP contribution in [-0.4, -0.2) is 39.8 Å². The number of nitrogens with zero attached hydrogens (tertiary/aromatic N) is 2. The molecule has 3 amide bonds. The van der Waals surface area contributed by atoms with Gasteiger partial charge in [-0.1, -0.05) is 18.7 Å². The van der Waals surface area contributed by atoms with E-state index in [0.29, 0.717) is 30.2 Å². The summed E-state index contributed by atoms with van der Waals surface area (Å²) in [5, 5.41) is 5.31. The Morgan fingerprint density at radius 2 is 1.75 bits per heavy atom. The second kappa shape index (κ2) is 9.17. The smallest absolute Gasteiger partial charge is 0.412 e. The molecule has 9 nitrogen and oxygen atoms in total. The minimum atomic E-state index is -0.616. The molecule has 1 aliphatic rings. The summed E-state index contributed by atoms with van der Waals surface area (Å²) in [7, 11) is 1.74. The monoisotopic (exact) mass is 440 g/mol. The molecule has 1 aliphatic heterocycles. The number of nitrogens with one attached hydrogen (secondary N) is 2. The first-order valence-corrected chi connectivity index (χ1v) is 10.2. The molecule has 0 aliphatic carbocycles. The van der Waals surface area contributed by atoms with Crippen molar-refractivity contribution in [1.82, 2.24) is 9.47 Å². The van der Waals surface area contributed by atoms with Crippen molar-refractivity contribution in [2.45, 2.75) is 39.5 Å². The van der Waals surface area contributed by atoms with Gasteiger partial charge in [0.15, 0.2) is 0 Å². The van der Waals surface area contributed by atoms with Gasteiger partial charge in [0, 0.05) is 32.0 Å². The Hall–Kier alpha value is -3.75. The second-order valence-electron chi connectivity index (χ2n) is 8.51. The molecular formula is C23H28N4O5. The normalized spacial score (nSPS) is 12.7. The van der Waals surface area contributed by atoms with E-state index in [1.54, 1.807) is 55.6 Å². The van der Waals surface area contributed by atoms with E-state index in [0.717, 1.165) is 11.1 Å². The van der Waals surface area contributed by atoms with Crippen molar-refractivity contribution >= 4 is 29.5 Å². The number of rotatable bonds is 5. The molecule has 9 heteroatoms. The lowest BCUT2D eigenvalue weighted by atomic mass is 10.1. The number of anilines is 2. The van der Waals surface area contributed by atoms with E-state index < -0.39 is 17.8 Å². The van der Waals surface area contributed by atoms with Gasteiger partial charge >= 0.3 is 12.2 Å². The lowest BCUT2D eigenvalue weighted by Gasteiger charge is -2.19. The summed E-state index contributed by atoms with van der Waals surface area (Å²) in [6.45, 7) is 9.83. The van der Waals surface area contributed by atoms with E-state index in [2.05, 4.69) is 17.2 Å². The predicted octanol–water partition coefficient (Wildman–Crippen LogP) is 4.26. The van der Waals surface area contributed by atoms with Gasteiger partial charge in [-0.15, -0.1) is 0 Å². The molecule has 0 bridgehead atoms. The number of benzene rings is 1.